The highest BCUT2D eigenvalue weighted by molar-refractivity contribution is 6.21. The fourth-order valence-electron chi connectivity index (χ4n) is 2.63. The van der Waals surface area contributed by atoms with Gasteiger partial charge >= 0.3 is 0 Å². The molecule has 0 fully saturated rings. The van der Waals surface area contributed by atoms with Gasteiger partial charge in [0.25, 0.3) is 11.8 Å². The van der Waals surface area contributed by atoms with E-state index < -0.39 is 0 Å². The fraction of sp³-hybridized carbons (Fsp3) is 0.176. The Bertz CT molecular complexity index is 737. The first-order valence-corrected chi connectivity index (χ1v) is 6.85. The quantitative estimate of drug-likeness (QED) is 0.877. The maximum Gasteiger partial charge on any atom is 0.261 e. The lowest BCUT2D eigenvalue weighted by Crippen LogP contribution is -2.29. The van der Waals surface area contributed by atoms with E-state index in [1.54, 1.807) is 12.1 Å². The highest BCUT2D eigenvalue weighted by Gasteiger charge is 2.35. The Labute approximate surface area is 123 Å². The first-order chi connectivity index (χ1) is 10.1. The van der Waals surface area contributed by atoms with Crippen molar-refractivity contribution in [2.45, 2.75) is 20.0 Å². The zero-order valence-electron chi connectivity index (χ0n) is 11.8. The molecule has 1 heterocycles. The molecular weight excluding hydrogens is 264 g/mol. The summed E-state index contributed by atoms with van der Waals surface area (Å²) in [7, 11) is 0. The van der Waals surface area contributed by atoms with Crippen molar-refractivity contribution in [1.82, 2.24) is 4.90 Å². The largest absolute Gasteiger partial charge is 0.326 e. The minimum Gasteiger partial charge on any atom is -0.326 e. The van der Waals surface area contributed by atoms with E-state index in [1.165, 1.54) is 4.90 Å². The molecule has 3 rings (SSSR count). The van der Waals surface area contributed by atoms with Crippen molar-refractivity contribution in [2.75, 3.05) is 0 Å². The lowest BCUT2D eigenvalue weighted by atomic mass is 10.1. The van der Waals surface area contributed by atoms with Crippen LogP contribution in [0.3, 0.4) is 0 Å². The molecule has 4 nitrogen and oxygen atoms in total. The van der Waals surface area contributed by atoms with Crippen molar-refractivity contribution in [3.05, 3.63) is 70.3 Å². The van der Waals surface area contributed by atoms with Crippen LogP contribution in [-0.2, 0) is 13.1 Å². The summed E-state index contributed by atoms with van der Waals surface area (Å²) in [6, 6.07) is 12.9. The van der Waals surface area contributed by atoms with E-state index in [4.69, 9.17) is 5.73 Å². The number of amides is 2. The molecular formula is C17H16N2O2. The normalized spacial score (nSPS) is 13.7. The van der Waals surface area contributed by atoms with Crippen LogP contribution in [-0.4, -0.2) is 16.7 Å². The van der Waals surface area contributed by atoms with E-state index in [9.17, 15) is 9.59 Å². The van der Waals surface area contributed by atoms with Crippen LogP contribution in [0.25, 0.3) is 0 Å². The van der Waals surface area contributed by atoms with Crippen LogP contribution in [0.4, 0.5) is 0 Å². The molecule has 0 spiro atoms. The van der Waals surface area contributed by atoms with Gasteiger partial charge in [-0.3, -0.25) is 14.5 Å². The molecule has 4 heteroatoms. The molecule has 0 aromatic heterocycles. The number of hydrogen-bond donors (Lipinski definition) is 1. The second-order valence-corrected chi connectivity index (χ2v) is 5.22. The SMILES string of the molecule is Cc1ccc2c(c1)C(=O)N(Cc1ccccc1CN)C2=O. The van der Waals surface area contributed by atoms with E-state index in [-0.39, 0.29) is 18.4 Å². The van der Waals surface area contributed by atoms with Crippen LogP contribution >= 0.6 is 0 Å². The topological polar surface area (TPSA) is 63.4 Å². The zero-order chi connectivity index (χ0) is 15.0. The number of hydrogen-bond acceptors (Lipinski definition) is 3. The Balaban J connectivity index is 1.95. The van der Waals surface area contributed by atoms with E-state index in [0.29, 0.717) is 17.7 Å². The number of nitrogens with zero attached hydrogens (tertiary/aromatic N) is 1. The summed E-state index contributed by atoms with van der Waals surface area (Å²) in [5, 5.41) is 0. The highest BCUT2D eigenvalue weighted by Crippen LogP contribution is 2.26. The lowest BCUT2D eigenvalue weighted by Gasteiger charge is -2.16. The maximum absolute atomic E-state index is 12.4. The van der Waals surface area contributed by atoms with Crippen LogP contribution in [0.5, 0.6) is 0 Å². The van der Waals surface area contributed by atoms with Crippen LogP contribution in [0.1, 0.15) is 37.4 Å². The molecule has 106 valence electrons. The summed E-state index contributed by atoms with van der Waals surface area (Å²) in [5.74, 6) is -0.465. The Morgan fingerprint density at radius 3 is 2.33 bits per heavy atom. The molecule has 2 aromatic carbocycles. The average Bonchev–Trinajstić information content (AvgIpc) is 2.72. The molecule has 0 atom stereocenters. The molecule has 2 aromatic rings. The smallest absolute Gasteiger partial charge is 0.261 e. The Hall–Kier alpha value is -2.46. The minimum atomic E-state index is -0.234. The molecule has 0 radical (unpaired) electrons. The maximum atomic E-state index is 12.4. The van der Waals surface area contributed by atoms with Gasteiger partial charge in [0, 0.05) is 6.54 Å². The summed E-state index contributed by atoms with van der Waals surface area (Å²) < 4.78 is 0. The van der Waals surface area contributed by atoms with Crippen LogP contribution in [0.15, 0.2) is 42.5 Å². The summed E-state index contributed by atoms with van der Waals surface area (Å²) >= 11 is 0. The predicted octanol–water partition coefficient (Wildman–Crippen LogP) is 2.25. The van der Waals surface area contributed by atoms with Gasteiger partial charge in [0.15, 0.2) is 0 Å². The Morgan fingerprint density at radius 1 is 0.952 bits per heavy atom. The van der Waals surface area contributed by atoms with Gasteiger partial charge in [0.2, 0.25) is 0 Å². The van der Waals surface area contributed by atoms with Crippen LogP contribution < -0.4 is 5.73 Å². The van der Waals surface area contributed by atoms with Gasteiger partial charge in [0.1, 0.15) is 0 Å². The van der Waals surface area contributed by atoms with Crippen molar-refractivity contribution < 1.29 is 9.59 Å². The van der Waals surface area contributed by atoms with Gasteiger partial charge in [0.05, 0.1) is 17.7 Å². The van der Waals surface area contributed by atoms with Crippen LogP contribution in [0, 0.1) is 6.92 Å². The molecule has 0 aliphatic carbocycles. The third kappa shape index (κ3) is 2.23. The molecule has 0 bridgehead atoms. The fourth-order valence-corrected chi connectivity index (χ4v) is 2.63. The Kier molecular flexibility index (Phi) is 3.31. The molecule has 2 amide bonds. The molecule has 1 aliphatic rings. The van der Waals surface area contributed by atoms with Crippen molar-refractivity contribution >= 4 is 11.8 Å². The van der Waals surface area contributed by atoms with Gasteiger partial charge in [-0.1, -0.05) is 35.9 Å². The van der Waals surface area contributed by atoms with E-state index in [2.05, 4.69) is 0 Å². The number of benzene rings is 2. The van der Waals surface area contributed by atoms with E-state index >= 15 is 0 Å². The Morgan fingerprint density at radius 2 is 1.62 bits per heavy atom. The lowest BCUT2D eigenvalue weighted by molar-refractivity contribution is 0.0642. The zero-order valence-corrected chi connectivity index (χ0v) is 11.8. The molecule has 0 saturated carbocycles. The van der Waals surface area contributed by atoms with Gasteiger partial charge in [-0.25, -0.2) is 0 Å². The molecule has 21 heavy (non-hydrogen) atoms. The van der Waals surface area contributed by atoms with Crippen molar-refractivity contribution in [3.8, 4) is 0 Å². The predicted molar refractivity (Wildman–Crippen MR) is 79.7 cm³/mol. The molecule has 0 saturated heterocycles. The highest BCUT2D eigenvalue weighted by atomic mass is 16.2. The first kappa shape index (κ1) is 13.5. The standard InChI is InChI=1S/C17H16N2O2/c1-11-6-7-14-15(8-11)17(21)19(16(14)20)10-13-5-3-2-4-12(13)9-18/h2-8H,9-10,18H2,1H3. The molecule has 0 unspecified atom stereocenters. The van der Waals surface area contributed by atoms with Gasteiger partial charge in [-0.05, 0) is 30.2 Å². The third-order valence-electron chi connectivity index (χ3n) is 3.79. The number of rotatable bonds is 3. The number of imide groups is 1. The summed E-state index contributed by atoms with van der Waals surface area (Å²) in [6.07, 6.45) is 0. The summed E-state index contributed by atoms with van der Waals surface area (Å²) in [5.41, 5.74) is 9.51. The average molecular weight is 280 g/mol. The number of aryl methyl sites for hydroxylation is 1. The molecule has 2 N–H and O–H groups in total. The number of carbonyl (C=O) groups excluding carboxylic acids is 2. The van der Waals surface area contributed by atoms with Crippen molar-refractivity contribution in [2.24, 2.45) is 5.73 Å². The van der Waals surface area contributed by atoms with Crippen molar-refractivity contribution in [3.63, 3.8) is 0 Å². The number of carbonyl (C=O) groups is 2. The van der Waals surface area contributed by atoms with Gasteiger partial charge in [-0.2, -0.15) is 0 Å². The van der Waals surface area contributed by atoms with Crippen molar-refractivity contribution in [1.29, 1.82) is 0 Å². The van der Waals surface area contributed by atoms with Gasteiger partial charge in [-0.15, -0.1) is 0 Å². The second kappa shape index (κ2) is 5.14. The molecule has 1 aliphatic heterocycles. The van der Waals surface area contributed by atoms with Crippen LogP contribution in [0.2, 0.25) is 0 Å². The third-order valence-corrected chi connectivity index (χ3v) is 3.79. The minimum absolute atomic E-state index is 0.231. The number of nitrogens with two attached hydrogens (primary N) is 1. The number of fused-ring (bicyclic) bond motifs is 1. The first-order valence-electron chi connectivity index (χ1n) is 6.85. The van der Waals surface area contributed by atoms with E-state index in [1.807, 2.05) is 37.3 Å². The monoisotopic (exact) mass is 280 g/mol. The summed E-state index contributed by atoms with van der Waals surface area (Å²) in [6.45, 7) is 2.56. The second-order valence-electron chi connectivity index (χ2n) is 5.22. The van der Waals surface area contributed by atoms with E-state index in [0.717, 1.165) is 16.7 Å². The van der Waals surface area contributed by atoms with Gasteiger partial charge < -0.3 is 5.73 Å². The summed E-state index contributed by atoms with van der Waals surface area (Å²) in [4.78, 5) is 26.1.